The van der Waals surface area contributed by atoms with Gasteiger partial charge in [0.15, 0.2) is 0 Å². The molecule has 0 saturated heterocycles. The Morgan fingerprint density at radius 1 is 1.28 bits per heavy atom. The number of ether oxygens (including phenoxy) is 3. The van der Waals surface area contributed by atoms with Gasteiger partial charge in [0, 0.05) is 25.7 Å². The molecule has 0 radical (unpaired) electrons. The molecule has 1 aliphatic rings. The first-order chi connectivity index (χ1) is 17.1. The molecule has 1 aliphatic carbocycles. The molecule has 0 fully saturated rings. The van der Waals surface area contributed by atoms with Crippen LogP contribution in [0.2, 0.25) is 0 Å². The number of amides is 3. The van der Waals surface area contributed by atoms with Gasteiger partial charge in [0.2, 0.25) is 5.96 Å². The Balaban J connectivity index is 2.14. The highest BCUT2D eigenvalue weighted by Crippen LogP contribution is 2.30. The fraction of sp³-hybridized carbons (Fsp3) is 0.625. The monoisotopic (exact) mass is 507 g/mol. The van der Waals surface area contributed by atoms with Crippen molar-refractivity contribution in [3.05, 3.63) is 29.1 Å². The van der Waals surface area contributed by atoms with E-state index in [0.717, 1.165) is 30.5 Å². The Bertz CT molecular complexity index is 945. The number of carbonyl (C=O) groups is 3. The molecule has 3 amide bonds. The van der Waals surface area contributed by atoms with E-state index in [2.05, 4.69) is 15.3 Å². The maximum Gasteiger partial charge on any atom is 0.424 e. The molecule has 12 heteroatoms. The molecule has 12 nitrogen and oxygen atoms in total. The summed E-state index contributed by atoms with van der Waals surface area (Å²) in [6.07, 6.45) is 3.15. The number of pyridine rings is 1. The van der Waals surface area contributed by atoms with Gasteiger partial charge in [-0.05, 0) is 51.7 Å². The summed E-state index contributed by atoms with van der Waals surface area (Å²) >= 11 is 0. The largest absolute Gasteiger partial charge is 0.449 e. The molecule has 1 unspecified atom stereocenters. The molecule has 4 N–H and O–H groups in total. The lowest BCUT2D eigenvalue weighted by Crippen LogP contribution is -2.48. The second-order valence-corrected chi connectivity index (χ2v) is 9.27. The first kappa shape index (κ1) is 29.0. The maximum atomic E-state index is 13.2. The van der Waals surface area contributed by atoms with Crippen LogP contribution in [0.15, 0.2) is 17.3 Å². The Labute approximate surface area is 211 Å². The van der Waals surface area contributed by atoms with Crippen LogP contribution in [0.5, 0.6) is 0 Å². The molecule has 1 aromatic heterocycles. The molecule has 2 rings (SSSR count). The number of imide groups is 1. The zero-order valence-corrected chi connectivity index (χ0v) is 21.4. The van der Waals surface area contributed by atoms with Crippen LogP contribution in [0.25, 0.3) is 0 Å². The highest BCUT2D eigenvalue weighted by Gasteiger charge is 2.32. The minimum atomic E-state index is -0.926. The number of hydrogen-bond acceptors (Lipinski definition) is 9. The Kier molecular flexibility index (Phi) is 11.1. The minimum Gasteiger partial charge on any atom is -0.449 e. The Morgan fingerprint density at radius 2 is 2.03 bits per heavy atom. The van der Waals surface area contributed by atoms with Gasteiger partial charge in [-0.25, -0.2) is 9.59 Å². The molecule has 0 bridgehead atoms. The van der Waals surface area contributed by atoms with Crippen molar-refractivity contribution in [1.82, 2.24) is 15.2 Å². The summed E-state index contributed by atoms with van der Waals surface area (Å²) < 4.78 is 15.8. The average molecular weight is 508 g/mol. The van der Waals surface area contributed by atoms with Gasteiger partial charge in [0.25, 0.3) is 5.91 Å². The van der Waals surface area contributed by atoms with Gasteiger partial charge in [-0.2, -0.15) is 4.90 Å². The normalized spacial score (nSPS) is 15.9. The lowest BCUT2D eigenvalue weighted by Gasteiger charge is -2.25. The molecule has 0 saturated carbocycles. The first-order valence-corrected chi connectivity index (χ1v) is 11.9. The first-order valence-electron chi connectivity index (χ1n) is 11.9. The number of aliphatic imine (C=N–C) groups is 1. The summed E-state index contributed by atoms with van der Waals surface area (Å²) in [5, 5.41) is 11.3. The number of aliphatic hydroxyl groups is 1. The van der Waals surface area contributed by atoms with Gasteiger partial charge in [0.05, 0.1) is 31.1 Å². The van der Waals surface area contributed by atoms with Crippen LogP contribution in [0.1, 0.15) is 67.6 Å². The molecule has 0 aliphatic heterocycles. The summed E-state index contributed by atoms with van der Waals surface area (Å²) in [7, 11) is 1.37. The molecular formula is C24H37N5O7. The number of nitrogens with two attached hydrogens (primary N) is 1. The van der Waals surface area contributed by atoms with Crippen LogP contribution in [0, 0.1) is 0 Å². The predicted molar refractivity (Wildman–Crippen MR) is 132 cm³/mol. The second-order valence-electron chi connectivity index (χ2n) is 9.27. The average Bonchev–Trinajstić information content (AvgIpc) is 3.02. The number of rotatable bonds is 8. The van der Waals surface area contributed by atoms with Crippen LogP contribution in [0.4, 0.5) is 9.59 Å². The van der Waals surface area contributed by atoms with Crippen molar-refractivity contribution in [3.63, 3.8) is 0 Å². The van der Waals surface area contributed by atoms with Gasteiger partial charge in [-0.15, -0.1) is 0 Å². The number of nitrogens with one attached hydrogen (secondary N) is 1. The van der Waals surface area contributed by atoms with E-state index in [1.165, 1.54) is 13.2 Å². The zero-order chi connectivity index (χ0) is 26.7. The lowest BCUT2D eigenvalue weighted by atomic mass is 9.98. The van der Waals surface area contributed by atoms with Crippen molar-refractivity contribution in [2.24, 2.45) is 10.7 Å². The second kappa shape index (κ2) is 13.7. The summed E-state index contributed by atoms with van der Waals surface area (Å²) in [6, 6.07) is 1.70. The third-order valence-corrected chi connectivity index (χ3v) is 5.29. The van der Waals surface area contributed by atoms with E-state index in [0.29, 0.717) is 11.3 Å². The van der Waals surface area contributed by atoms with Crippen LogP contribution in [0.3, 0.4) is 0 Å². The number of aliphatic hydroxyl groups excluding tert-OH is 1. The number of aromatic nitrogens is 1. The molecule has 0 spiro atoms. The van der Waals surface area contributed by atoms with Crippen LogP contribution in [-0.4, -0.2) is 84.7 Å². The molecule has 36 heavy (non-hydrogen) atoms. The fourth-order valence-corrected chi connectivity index (χ4v) is 3.65. The van der Waals surface area contributed by atoms with Gasteiger partial charge < -0.3 is 30.4 Å². The molecular weight excluding hydrogens is 470 g/mol. The minimum absolute atomic E-state index is 0.0789. The summed E-state index contributed by atoms with van der Waals surface area (Å²) in [6.45, 7) is 5.86. The number of guanidine groups is 1. The topological polar surface area (TPSA) is 166 Å². The molecule has 1 aromatic rings. The number of fused-ring (bicyclic) bond motifs is 1. The van der Waals surface area contributed by atoms with Crippen LogP contribution < -0.4 is 11.1 Å². The van der Waals surface area contributed by atoms with E-state index in [1.807, 2.05) is 0 Å². The van der Waals surface area contributed by atoms with Gasteiger partial charge in [-0.3, -0.25) is 14.8 Å². The molecule has 200 valence electrons. The van der Waals surface area contributed by atoms with Crippen molar-refractivity contribution in [2.75, 3.05) is 40.0 Å². The highest BCUT2D eigenvalue weighted by molar-refractivity contribution is 6.15. The van der Waals surface area contributed by atoms with Crippen molar-refractivity contribution >= 4 is 24.1 Å². The molecule has 1 atom stereocenters. The number of carbonyl (C=O) groups excluding carboxylic acids is 3. The smallest absolute Gasteiger partial charge is 0.424 e. The fourth-order valence-electron chi connectivity index (χ4n) is 3.65. The van der Waals surface area contributed by atoms with Crippen LogP contribution in [-0.2, 0) is 20.6 Å². The quantitative estimate of drug-likeness (QED) is 0.206. The van der Waals surface area contributed by atoms with E-state index in [1.54, 1.807) is 26.8 Å². The van der Waals surface area contributed by atoms with Crippen molar-refractivity contribution in [2.45, 2.75) is 58.0 Å². The van der Waals surface area contributed by atoms with Gasteiger partial charge >= 0.3 is 12.2 Å². The Morgan fingerprint density at radius 3 is 2.69 bits per heavy atom. The standard InChI is InChI=1S/C24H37N5O7/c1-24(2,3)36-23(33)29(21(25)26-4)20(31)18-13-16-7-5-6-8-17(19(16)28-14-18)15-35-22(32)27-9-11-34-12-10-30/h13-14,17,30H,5-12,15H2,1-4H3,(H2,25,26)(H,27,32). The number of aryl methyl sites for hydroxylation is 1. The van der Waals surface area contributed by atoms with E-state index >= 15 is 0 Å². The Hall–Kier alpha value is -3.25. The van der Waals surface area contributed by atoms with E-state index < -0.39 is 23.7 Å². The summed E-state index contributed by atoms with van der Waals surface area (Å²) in [5.74, 6) is -1.11. The third-order valence-electron chi connectivity index (χ3n) is 5.29. The van der Waals surface area contributed by atoms with Gasteiger partial charge in [-0.1, -0.05) is 6.42 Å². The number of nitrogens with zero attached hydrogens (tertiary/aromatic N) is 3. The van der Waals surface area contributed by atoms with Gasteiger partial charge in [0.1, 0.15) is 12.2 Å². The predicted octanol–water partition coefficient (Wildman–Crippen LogP) is 1.95. The van der Waals surface area contributed by atoms with E-state index in [9.17, 15) is 14.4 Å². The number of alkyl carbamates (subject to hydrolysis) is 1. The number of hydrogen-bond donors (Lipinski definition) is 3. The zero-order valence-electron chi connectivity index (χ0n) is 21.4. The summed E-state index contributed by atoms with van der Waals surface area (Å²) in [5.41, 5.74) is 6.79. The highest BCUT2D eigenvalue weighted by atomic mass is 16.6. The SMILES string of the molecule is CN=C(N)N(C(=O)OC(C)(C)C)C(=O)c1cnc2c(c1)CCCCC2COC(=O)NCCOCCO. The molecule has 1 heterocycles. The molecule has 0 aromatic carbocycles. The van der Waals surface area contributed by atoms with Crippen molar-refractivity contribution in [3.8, 4) is 0 Å². The van der Waals surface area contributed by atoms with Crippen molar-refractivity contribution in [1.29, 1.82) is 0 Å². The van der Waals surface area contributed by atoms with E-state index in [4.69, 9.17) is 25.1 Å². The van der Waals surface area contributed by atoms with E-state index in [-0.39, 0.29) is 50.4 Å². The van der Waals surface area contributed by atoms with Crippen molar-refractivity contribution < 1.29 is 33.7 Å². The maximum absolute atomic E-state index is 13.2. The summed E-state index contributed by atoms with van der Waals surface area (Å²) in [4.78, 5) is 46.9. The lowest BCUT2D eigenvalue weighted by molar-refractivity contribution is 0.0348. The van der Waals surface area contributed by atoms with Crippen LogP contribution >= 0.6 is 0 Å². The third kappa shape index (κ3) is 8.76.